The first-order valence-corrected chi connectivity index (χ1v) is 7.88. The number of rotatable bonds is 5. The molecule has 1 aromatic rings. The molecule has 0 aliphatic carbocycles. The summed E-state index contributed by atoms with van der Waals surface area (Å²) in [7, 11) is 0. The summed E-state index contributed by atoms with van der Waals surface area (Å²) in [6.07, 6.45) is 2.47. The van der Waals surface area contributed by atoms with Crippen LogP contribution in [0.1, 0.15) is 34.8 Å². The van der Waals surface area contributed by atoms with Gasteiger partial charge in [0.25, 0.3) is 5.91 Å². The van der Waals surface area contributed by atoms with Crippen LogP contribution in [0, 0.1) is 18.8 Å². The van der Waals surface area contributed by atoms with E-state index >= 15 is 0 Å². The molecule has 1 unspecified atom stereocenters. The zero-order valence-electron chi connectivity index (χ0n) is 12.2. The normalized spacial score (nSPS) is 11.4. The monoisotopic (exact) mass is 291 g/mol. The predicted octanol–water partition coefficient (Wildman–Crippen LogP) is 2.21. The minimum absolute atomic E-state index is 0.0544. The van der Waals surface area contributed by atoms with Crippen molar-refractivity contribution in [3.8, 4) is 11.8 Å². The fourth-order valence-corrected chi connectivity index (χ4v) is 1.78. The second-order valence-corrected chi connectivity index (χ2v) is 5.84. The van der Waals surface area contributed by atoms with E-state index in [1.807, 2.05) is 25.3 Å². The van der Waals surface area contributed by atoms with Gasteiger partial charge in [-0.25, -0.2) is 0 Å². The molecule has 0 bridgehead atoms. The largest absolute Gasteiger partial charge is 0.395 e. The second-order valence-electron chi connectivity index (χ2n) is 4.56. The van der Waals surface area contributed by atoms with Gasteiger partial charge in [0, 0.05) is 29.3 Å². The second kappa shape index (κ2) is 8.68. The lowest BCUT2D eigenvalue weighted by Gasteiger charge is -2.10. The van der Waals surface area contributed by atoms with Crippen molar-refractivity contribution in [1.29, 1.82) is 0 Å². The molecule has 0 spiro atoms. The van der Waals surface area contributed by atoms with Crippen LogP contribution in [0.2, 0.25) is 0 Å². The summed E-state index contributed by atoms with van der Waals surface area (Å²) in [6.45, 7) is 4.74. The van der Waals surface area contributed by atoms with E-state index in [-0.39, 0.29) is 12.5 Å². The fraction of sp³-hybridized carbons (Fsp3) is 0.438. The minimum Gasteiger partial charge on any atom is -0.395 e. The molecule has 1 amide bonds. The summed E-state index contributed by atoms with van der Waals surface area (Å²) in [4.78, 5) is 12.0. The van der Waals surface area contributed by atoms with Gasteiger partial charge in [-0.05, 0) is 30.9 Å². The van der Waals surface area contributed by atoms with Crippen molar-refractivity contribution in [2.45, 2.75) is 25.5 Å². The van der Waals surface area contributed by atoms with Crippen molar-refractivity contribution in [2.75, 3.05) is 19.4 Å². The summed E-state index contributed by atoms with van der Waals surface area (Å²) in [5.74, 6) is 5.80. The Hall–Kier alpha value is -1.44. The molecule has 0 radical (unpaired) electrons. The Morgan fingerprint density at radius 2 is 2.25 bits per heavy atom. The highest BCUT2D eigenvalue weighted by Crippen LogP contribution is 2.11. The number of aliphatic hydroxyl groups excluding tert-OH is 1. The van der Waals surface area contributed by atoms with Gasteiger partial charge in [-0.1, -0.05) is 24.8 Å². The summed E-state index contributed by atoms with van der Waals surface area (Å²) in [5.41, 5.74) is 2.49. The highest BCUT2D eigenvalue weighted by Gasteiger charge is 2.08. The Morgan fingerprint density at radius 3 is 2.90 bits per heavy atom. The van der Waals surface area contributed by atoms with Gasteiger partial charge < -0.3 is 10.4 Å². The number of aryl methyl sites for hydroxylation is 1. The molecule has 0 fully saturated rings. The fourth-order valence-electron chi connectivity index (χ4n) is 1.53. The number of aliphatic hydroxyl groups is 1. The number of hydrogen-bond donors (Lipinski definition) is 2. The van der Waals surface area contributed by atoms with Gasteiger partial charge >= 0.3 is 0 Å². The van der Waals surface area contributed by atoms with Crippen LogP contribution < -0.4 is 5.32 Å². The third-order valence-corrected chi connectivity index (χ3v) is 3.88. The van der Waals surface area contributed by atoms with E-state index in [9.17, 15) is 4.79 Å². The van der Waals surface area contributed by atoms with Crippen molar-refractivity contribution in [3.63, 3.8) is 0 Å². The smallest absolute Gasteiger partial charge is 0.251 e. The van der Waals surface area contributed by atoms with Crippen LogP contribution in [0.25, 0.3) is 0 Å². The van der Waals surface area contributed by atoms with Crippen LogP contribution in [0.4, 0.5) is 0 Å². The van der Waals surface area contributed by atoms with Crippen LogP contribution >= 0.6 is 11.8 Å². The lowest BCUT2D eigenvalue weighted by Crippen LogP contribution is -2.29. The summed E-state index contributed by atoms with van der Waals surface area (Å²) >= 11 is 1.72. The molecule has 0 heterocycles. The van der Waals surface area contributed by atoms with E-state index in [2.05, 4.69) is 24.1 Å². The molecule has 3 nitrogen and oxygen atoms in total. The molecule has 2 N–H and O–H groups in total. The van der Waals surface area contributed by atoms with Crippen molar-refractivity contribution in [1.82, 2.24) is 5.32 Å². The number of nitrogens with one attached hydrogen (secondary N) is 1. The van der Waals surface area contributed by atoms with Crippen LogP contribution in [0.3, 0.4) is 0 Å². The summed E-state index contributed by atoms with van der Waals surface area (Å²) in [6, 6.07) is 5.51. The number of thioether (sulfide) groups is 1. The topological polar surface area (TPSA) is 49.3 Å². The quantitative estimate of drug-likeness (QED) is 0.818. The van der Waals surface area contributed by atoms with E-state index in [4.69, 9.17) is 5.11 Å². The Kier molecular flexibility index (Phi) is 7.21. The molecule has 0 aliphatic rings. The third kappa shape index (κ3) is 5.28. The van der Waals surface area contributed by atoms with Gasteiger partial charge in [-0.15, -0.1) is 0 Å². The molecule has 20 heavy (non-hydrogen) atoms. The minimum atomic E-state index is -0.0730. The van der Waals surface area contributed by atoms with Gasteiger partial charge in [-0.3, -0.25) is 4.79 Å². The van der Waals surface area contributed by atoms with Crippen molar-refractivity contribution < 1.29 is 9.90 Å². The lowest BCUT2D eigenvalue weighted by molar-refractivity contribution is 0.0954. The van der Waals surface area contributed by atoms with Crippen molar-refractivity contribution in [3.05, 3.63) is 34.9 Å². The summed E-state index contributed by atoms with van der Waals surface area (Å²) in [5, 5.41) is 12.0. The van der Waals surface area contributed by atoms with Crippen molar-refractivity contribution in [2.24, 2.45) is 0 Å². The van der Waals surface area contributed by atoms with Gasteiger partial charge in [0.15, 0.2) is 0 Å². The van der Waals surface area contributed by atoms with Gasteiger partial charge in [0.1, 0.15) is 0 Å². The van der Waals surface area contributed by atoms with E-state index in [1.165, 1.54) is 0 Å². The first-order valence-electron chi connectivity index (χ1n) is 6.60. The third-order valence-electron chi connectivity index (χ3n) is 2.91. The van der Waals surface area contributed by atoms with Crippen LogP contribution in [-0.4, -0.2) is 35.7 Å². The summed E-state index contributed by atoms with van der Waals surface area (Å²) < 4.78 is 0. The van der Waals surface area contributed by atoms with E-state index in [0.717, 1.165) is 11.1 Å². The number of carbonyl (C=O) groups excluding carboxylic acids is 1. The van der Waals surface area contributed by atoms with Crippen molar-refractivity contribution >= 4 is 17.7 Å². The molecule has 108 valence electrons. The number of amides is 1. The van der Waals surface area contributed by atoms with Crippen LogP contribution in [0.15, 0.2) is 18.2 Å². The predicted molar refractivity (Wildman–Crippen MR) is 85.1 cm³/mol. The standard InChI is InChI=1S/C16H21NO2S/c1-12-7-8-15(10-14(12)6-4-5-9-18)16(19)17-11-13(2)20-3/h7-8,10,13,18H,5,9,11H2,1-3H3,(H,17,19). The maximum atomic E-state index is 12.0. The van der Waals surface area contributed by atoms with E-state index in [1.54, 1.807) is 17.8 Å². The molecular weight excluding hydrogens is 270 g/mol. The highest BCUT2D eigenvalue weighted by atomic mass is 32.2. The molecular formula is C16H21NO2S. The zero-order chi connectivity index (χ0) is 15.0. The molecule has 1 aromatic carbocycles. The molecule has 0 saturated heterocycles. The van der Waals surface area contributed by atoms with Crippen LogP contribution in [0.5, 0.6) is 0 Å². The van der Waals surface area contributed by atoms with E-state index in [0.29, 0.717) is 23.8 Å². The Morgan fingerprint density at radius 1 is 1.50 bits per heavy atom. The van der Waals surface area contributed by atoms with Crippen LogP contribution in [-0.2, 0) is 0 Å². The van der Waals surface area contributed by atoms with Gasteiger partial charge in [0.05, 0.1) is 6.61 Å². The molecule has 0 aromatic heterocycles. The van der Waals surface area contributed by atoms with E-state index < -0.39 is 0 Å². The average Bonchev–Trinajstić information content (AvgIpc) is 2.46. The molecule has 4 heteroatoms. The number of benzene rings is 1. The zero-order valence-corrected chi connectivity index (χ0v) is 13.0. The SMILES string of the molecule is CSC(C)CNC(=O)c1ccc(C)c(C#CCCO)c1. The average molecular weight is 291 g/mol. The first-order chi connectivity index (χ1) is 9.58. The number of carbonyl (C=O) groups is 1. The van der Waals surface area contributed by atoms with Gasteiger partial charge in [0.2, 0.25) is 0 Å². The Labute approximate surface area is 125 Å². The Bertz CT molecular complexity index is 517. The first kappa shape index (κ1) is 16.6. The highest BCUT2D eigenvalue weighted by molar-refractivity contribution is 7.99. The lowest BCUT2D eigenvalue weighted by atomic mass is 10.0. The van der Waals surface area contributed by atoms with Gasteiger partial charge in [-0.2, -0.15) is 11.8 Å². The molecule has 0 aliphatic heterocycles. The Balaban J connectivity index is 2.79. The maximum absolute atomic E-state index is 12.0. The molecule has 1 atom stereocenters. The molecule has 1 rings (SSSR count). The molecule has 0 saturated carbocycles. The maximum Gasteiger partial charge on any atom is 0.251 e. The number of hydrogen-bond acceptors (Lipinski definition) is 3.